The molecule has 4 heterocycles. The number of anilines is 1. The van der Waals surface area contributed by atoms with E-state index < -0.39 is 0 Å². The van der Waals surface area contributed by atoms with Crippen LogP contribution in [0, 0.1) is 11.3 Å². The molecule has 2 saturated heterocycles. The van der Waals surface area contributed by atoms with Crippen LogP contribution in [-0.4, -0.2) is 50.8 Å². The number of hydrogen-bond acceptors (Lipinski definition) is 6. The van der Waals surface area contributed by atoms with Gasteiger partial charge in [-0.05, 0) is 63.7 Å². The maximum absolute atomic E-state index is 9.13. The molecule has 2 aromatic rings. The fraction of sp³-hybridized carbons (Fsp3) is 0.619. The highest BCUT2D eigenvalue weighted by Crippen LogP contribution is 2.40. The van der Waals surface area contributed by atoms with Crippen molar-refractivity contribution in [3.8, 4) is 6.07 Å². The van der Waals surface area contributed by atoms with Gasteiger partial charge in [0.1, 0.15) is 17.5 Å². The summed E-state index contributed by atoms with van der Waals surface area (Å²) in [5, 5.41) is 18.4. The lowest BCUT2D eigenvalue weighted by Gasteiger charge is -2.32. The summed E-state index contributed by atoms with van der Waals surface area (Å²) in [4.78, 5) is 9.27. The number of piperidine rings is 1. The number of likely N-dealkylation sites (tertiary alicyclic amines) is 1. The number of rotatable bonds is 5. The van der Waals surface area contributed by atoms with Crippen molar-refractivity contribution in [1.29, 1.82) is 5.26 Å². The van der Waals surface area contributed by atoms with Crippen LogP contribution >= 0.6 is 0 Å². The third-order valence-electron chi connectivity index (χ3n) is 6.33. The van der Waals surface area contributed by atoms with Gasteiger partial charge in [0.05, 0.1) is 18.2 Å². The van der Waals surface area contributed by atoms with Gasteiger partial charge >= 0.3 is 0 Å². The molecule has 0 radical (unpaired) electrons. The topological polar surface area (TPSA) is 73.9 Å². The third kappa shape index (κ3) is 3.49. The maximum atomic E-state index is 9.13. The molecular weight excluding hydrogens is 350 g/mol. The third-order valence-corrected chi connectivity index (χ3v) is 6.33. The Morgan fingerprint density at radius 2 is 1.82 bits per heavy atom. The van der Waals surface area contributed by atoms with E-state index in [-0.39, 0.29) is 0 Å². The first-order chi connectivity index (χ1) is 13.8. The smallest absolute Gasteiger partial charge is 0.147 e. The Morgan fingerprint density at radius 1 is 1.04 bits per heavy atom. The van der Waals surface area contributed by atoms with Crippen molar-refractivity contribution in [1.82, 2.24) is 24.6 Å². The van der Waals surface area contributed by atoms with E-state index in [0.29, 0.717) is 17.5 Å². The van der Waals surface area contributed by atoms with Crippen LogP contribution < -0.4 is 4.90 Å². The van der Waals surface area contributed by atoms with Gasteiger partial charge in [-0.15, -0.1) is 10.2 Å². The quantitative estimate of drug-likeness (QED) is 0.798. The first kappa shape index (κ1) is 17.6. The van der Waals surface area contributed by atoms with Gasteiger partial charge < -0.3 is 9.47 Å². The van der Waals surface area contributed by atoms with Crippen molar-refractivity contribution in [2.45, 2.75) is 57.0 Å². The average Bonchev–Trinajstić information content (AvgIpc) is 3.29. The number of nitrogens with zero attached hydrogens (tertiary/aromatic N) is 7. The van der Waals surface area contributed by atoms with Gasteiger partial charge in [-0.3, -0.25) is 4.90 Å². The van der Waals surface area contributed by atoms with Crippen LogP contribution in [0.15, 0.2) is 18.3 Å². The highest BCUT2D eigenvalue weighted by molar-refractivity contribution is 5.45. The summed E-state index contributed by atoms with van der Waals surface area (Å²) in [5.41, 5.74) is 0.673. The van der Waals surface area contributed by atoms with Crippen LogP contribution in [0.3, 0.4) is 0 Å². The minimum Gasteiger partial charge on any atom is -0.357 e. The molecule has 1 saturated carbocycles. The van der Waals surface area contributed by atoms with Gasteiger partial charge in [-0.25, -0.2) is 4.98 Å². The molecular formula is C21H27N7. The van der Waals surface area contributed by atoms with Crippen LogP contribution in [0.1, 0.15) is 67.7 Å². The number of hydrogen-bond donors (Lipinski definition) is 0. The highest BCUT2D eigenvalue weighted by Gasteiger charge is 2.34. The zero-order valence-corrected chi connectivity index (χ0v) is 16.3. The Kier molecular flexibility index (Phi) is 4.73. The molecule has 0 N–H and O–H groups in total. The van der Waals surface area contributed by atoms with Gasteiger partial charge in [0.25, 0.3) is 0 Å². The normalized spacial score (nSPS) is 21.2. The molecule has 1 aliphatic carbocycles. The highest BCUT2D eigenvalue weighted by atomic mass is 15.3. The SMILES string of the molecule is N#Cc1ccnc(N2CCC(c3nnc(CN4CCCC4)n3C3CC3)CC2)c1. The molecule has 146 valence electrons. The molecule has 0 spiro atoms. The first-order valence-electron chi connectivity index (χ1n) is 10.6. The van der Waals surface area contributed by atoms with E-state index in [9.17, 15) is 0 Å². The molecule has 7 nitrogen and oxygen atoms in total. The van der Waals surface area contributed by atoms with Crippen LogP contribution in [0.5, 0.6) is 0 Å². The second-order valence-electron chi connectivity index (χ2n) is 8.33. The van der Waals surface area contributed by atoms with Crippen molar-refractivity contribution in [2.75, 3.05) is 31.1 Å². The maximum Gasteiger partial charge on any atom is 0.147 e. The predicted octanol–water partition coefficient (Wildman–Crippen LogP) is 2.86. The molecule has 28 heavy (non-hydrogen) atoms. The van der Waals surface area contributed by atoms with E-state index in [4.69, 9.17) is 5.26 Å². The molecule has 0 unspecified atom stereocenters. The summed E-state index contributed by atoms with van der Waals surface area (Å²) < 4.78 is 2.48. The minimum absolute atomic E-state index is 0.468. The molecule has 3 aliphatic rings. The summed E-state index contributed by atoms with van der Waals surface area (Å²) in [6.07, 6.45) is 9.01. The molecule has 3 fully saturated rings. The van der Waals surface area contributed by atoms with Crippen molar-refractivity contribution in [3.63, 3.8) is 0 Å². The zero-order chi connectivity index (χ0) is 18.9. The lowest BCUT2D eigenvalue weighted by Crippen LogP contribution is -2.34. The lowest BCUT2D eigenvalue weighted by atomic mass is 9.95. The van der Waals surface area contributed by atoms with Crippen molar-refractivity contribution in [3.05, 3.63) is 35.5 Å². The summed E-state index contributed by atoms with van der Waals surface area (Å²) in [7, 11) is 0. The monoisotopic (exact) mass is 377 g/mol. The van der Waals surface area contributed by atoms with Crippen molar-refractivity contribution in [2.24, 2.45) is 0 Å². The Morgan fingerprint density at radius 3 is 2.54 bits per heavy atom. The molecule has 5 rings (SSSR count). The second-order valence-corrected chi connectivity index (χ2v) is 8.33. The van der Waals surface area contributed by atoms with E-state index >= 15 is 0 Å². The summed E-state index contributed by atoms with van der Waals surface area (Å²) >= 11 is 0. The molecule has 2 aliphatic heterocycles. The lowest BCUT2D eigenvalue weighted by molar-refractivity contribution is 0.314. The Labute approximate surface area is 166 Å². The number of nitriles is 1. The Hall–Kier alpha value is -2.46. The van der Waals surface area contributed by atoms with Gasteiger partial charge in [-0.2, -0.15) is 5.26 Å². The minimum atomic E-state index is 0.468. The molecule has 0 aromatic carbocycles. The van der Waals surface area contributed by atoms with Gasteiger partial charge in [0, 0.05) is 31.2 Å². The number of aromatic nitrogens is 4. The first-order valence-corrected chi connectivity index (χ1v) is 10.6. The van der Waals surface area contributed by atoms with E-state index in [1.54, 1.807) is 12.3 Å². The fourth-order valence-corrected chi connectivity index (χ4v) is 4.62. The second kappa shape index (κ2) is 7.51. The van der Waals surface area contributed by atoms with E-state index in [1.165, 1.54) is 50.4 Å². The molecule has 0 bridgehead atoms. The van der Waals surface area contributed by atoms with Crippen molar-refractivity contribution < 1.29 is 0 Å². The van der Waals surface area contributed by atoms with Gasteiger partial charge in [0.15, 0.2) is 0 Å². The van der Waals surface area contributed by atoms with Gasteiger partial charge in [0.2, 0.25) is 0 Å². The Balaban J connectivity index is 1.29. The molecule has 2 aromatic heterocycles. The van der Waals surface area contributed by atoms with Crippen molar-refractivity contribution >= 4 is 5.82 Å². The van der Waals surface area contributed by atoms with E-state index in [1.807, 2.05) is 6.07 Å². The molecule has 0 amide bonds. The molecule has 7 heteroatoms. The summed E-state index contributed by atoms with van der Waals surface area (Å²) in [6.45, 7) is 5.24. The van der Waals surface area contributed by atoms with Crippen LogP contribution in [-0.2, 0) is 6.54 Å². The van der Waals surface area contributed by atoms with E-state index in [2.05, 4.69) is 35.6 Å². The van der Waals surface area contributed by atoms with Crippen LogP contribution in [0.2, 0.25) is 0 Å². The summed E-state index contributed by atoms with van der Waals surface area (Å²) in [6, 6.07) is 6.48. The molecule has 0 atom stereocenters. The van der Waals surface area contributed by atoms with Crippen LogP contribution in [0.4, 0.5) is 5.82 Å². The fourth-order valence-electron chi connectivity index (χ4n) is 4.62. The van der Waals surface area contributed by atoms with Gasteiger partial charge in [-0.1, -0.05) is 0 Å². The zero-order valence-electron chi connectivity index (χ0n) is 16.3. The average molecular weight is 377 g/mol. The largest absolute Gasteiger partial charge is 0.357 e. The predicted molar refractivity (Wildman–Crippen MR) is 106 cm³/mol. The number of pyridine rings is 1. The summed E-state index contributed by atoms with van der Waals surface area (Å²) in [5.74, 6) is 3.76. The van der Waals surface area contributed by atoms with E-state index in [0.717, 1.165) is 38.3 Å². The Bertz CT molecular complexity index is 865. The van der Waals surface area contributed by atoms with Crippen LogP contribution in [0.25, 0.3) is 0 Å². The standard InChI is InChI=1S/C21H27N7/c22-14-16-5-8-23-19(13-16)27-11-6-17(7-12-27)21-25-24-20(28(21)18-3-4-18)15-26-9-1-2-10-26/h5,8,13,17-18H,1-4,6-7,9-12,15H2.